The van der Waals surface area contributed by atoms with Crippen molar-refractivity contribution in [2.24, 2.45) is 17.8 Å². The zero-order valence-electron chi connectivity index (χ0n) is 16.0. The normalized spacial score (nSPS) is 26.4. The molecule has 5 heteroatoms. The minimum atomic E-state index is -0.501. The van der Waals surface area contributed by atoms with Gasteiger partial charge in [0.25, 0.3) is 0 Å². The molecule has 0 aliphatic carbocycles. The highest BCUT2D eigenvalue weighted by Gasteiger charge is 2.35. The minimum absolute atomic E-state index is 0.143. The molecule has 0 aromatic rings. The van der Waals surface area contributed by atoms with Crippen LogP contribution in [0, 0.1) is 17.8 Å². The van der Waals surface area contributed by atoms with E-state index >= 15 is 0 Å². The lowest BCUT2D eigenvalue weighted by molar-refractivity contribution is -0.132. The predicted molar refractivity (Wildman–Crippen MR) is 94.7 cm³/mol. The van der Waals surface area contributed by atoms with Gasteiger partial charge in [-0.1, -0.05) is 13.8 Å². The fourth-order valence-electron chi connectivity index (χ4n) is 3.87. The summed E-state index contributed by atoms with van der Waals surface area (Å²) in [6.45, 7) is 13.3. The van der Waals surface area contributed by atoms with Gasteiger partial charge in [0, 0.05) is 33.1 Å². The fourth-order valence-corrected chi connectivity index (χ4v) is 3.87. The van der Waals surface area contributed by atoms with Crippen molar-refractivity contribution in [3.8, 4) is 0 Å². The minimum Gasteiger partial charge on any atom is -0.443 e. The molecule has 2 amide bonds. The molecule has 0 aromatic carbocycles. The van der Waals surface area contributed by atoms with Gasteiger partial charge in [-0.25, -0.2) is 4.79 Å². The van der Waals surface area contributed by atoms with Crippen LogP contribution in [0.2, 0.25) is 0 Å². The van der Waals surface area contributed by atoms with Gasteiger partial charge in [0.15, 0.2) is 0 Å². The number of rotatable bonds is 3. The second kappa shape index (κ2) is 7.75. The van der Waals surface area contributed by atoms with E-state index in [1.54, 1.807) is 6.92 Å². The van der Waals surface area contributed by atoms with E-state index in [4.69, 9.17) is 4.74 Å². The zero-order valence-corrected chi connectivity index (χ0v) is 16.0. The van der Waals surface area contributed by atoms with Crippen molar-refractivity contribution in [1.29, 1.82) is 0 Å². The maximum Gasteiger partial charge on any atom is 0.410 e. The molecule has 2 heterocycles. The summed E-state index contributed by atoms with van der Waals surface area (Å²) in [7, 11) is 0. The van der Waals surface area contributed by atoms with E-state index in [1.165, 1.54) is 0 Å². The second-order valence-electron chi connectivity index (χ2n) is 8.49. The van der Waals surface area contributed by atoms with Crippen LogP contribution in [0.1, 0.15) is 60.3 Å². The molecule has 0 spiro atoms. The smallest absolute Gasteiger partial charge is 0.410 e. The summed E-state index contributed by atoms with van der Waals surface area (Å²) in [5.74, 6) is 1.77. The van der Waals surface area contributed by atoms with E-state index in [-0.39, 0.29) is 12.0 Å². The summed E-state index contributed by atoms with van der Waals surface area (Å²) in [6.07, 6.45) is 3.76. The van der Waals surface area contributed by atoms with Gasteiger partial charge in [0.05, 0.1) is 0 Å². The number of ether oxygens (including phenoxy) is 1. The Bertz CT molecular complexity index is 456. The first kappa shape index (κ1) is 19.1. The molecule has 0 bridgehead atoms. The van der Waals surface area contributed by atoms with Crippen LogP contribution in [-0.2, 0) is 9.53 Å². The molecule has 0 aromatic heterocycles. The van der Waals surface area contributed by atoms with E-state index in [9.17, 15) is 9.59 Å². The van der Waals surface area contributed by atoms with Crippen molar-refractivity contribution in [2.45, 2.75) is 65.9 Å². The molecule has 2 aliphatic rings. The average Bonchev–Trinajstić information content (AvgIpc) is 2.49. The van der Waals surface area contributed by atoms with Gasteiger partial charge >= 0.3 is 6.09 Å². The van der Waals surface area contributed by atoms with Gasteiger partial charge in [-0.15, -0.1) is 0 Å². The molecular weight excluding hydrogens is 304 g/mol. The molecule has 2 fully saturated rings. The first-order valence-electron chi connectivity index (χ1n) is 9.41. The number of carbonyl (C=O) groups excluding carboxylic acids is 2. The zero-order chi connectivity index (χ0) is 17.9. The molecular formula is C19H34N2O3. The molecule has 0 saturated carbocycles. The lowest BCUT2D eigenvalue weighted by Crippen LogP contribution is -2.46. The van der Waals surface area contributed by atoms with Crippen molar-refractivity contribution in [1.82, 2.24) is 9.80 Å². The van der Waals surface area contributed by atoms with Gasteiger partial charge in [0.1, 0.15) is 5.60 Å². The molecule has 2 aliphatic heterocycles. The Morgan fingerprint density at radius 3 is 2.21 bits per heavy atom. The lowest BCUT2D eigenvalue weighted by atomic mass is 9.80. The monoisotopic (exact) mass is 338 g/mol. The third-order valence-corrected chi connectivity index (χ3v) is 5.72. The first-order chi connectivity index (χ1) is 11.2. The Morgan fingerprint density at radius 1 is 1.04 bits per heavy atom. The number of hydrogen-bond acceptors (Lipinski definition) is 3. The molecule has 0 N–H and O–H groups in total. The molecule has 2 atom stereocenters. The maximum atomic E-state index is 12.5. The van der Waals surface area contributed by atoms with Crippen molar-refractivity contribution in [3.05, 3.63) is 0 Å². The van der Waals surface area contributed by atoms with Crippen LogP contribution in [0.25, 0.3) is 0 Å². The van der Waals surface area contributed by atoms with Gasteiger partial charge in [-0.2, -0.15) is 0 Å². The van der Waals surface area contributed by atoms with E-state index in [2.05, 4.69) is 13.8 Å². The van der Waals surface area contributed by atoms with Crippen LogP contribution in [0.15, 0.2) is 0 Å². The molecule has 5 nitrogen and oxygen atoms in total. The quantitative estimate of drug-likeness (QED) is 0.791. The SMILES string of the molecule is CC(=O)N1CCC(C)C(CC(C)(C)OC(=O)N2CCC(C)CC2)C1. The molecule has 2 unspecified atom stereocenters. The summed E-state index contributed by atoms with van der Waals surface area (Å²) in [5, 5.41) is 0. The van der Waals surface area contributed by atoms with Gasteiger partial charge in [-0.05, 0) is 57.3 Å². The second-order valence-corrected chi connectivity index (χ2v) is 8.49. The van der Waals surface area contributed by atoms with E-state index < -0.39 is 5.60 Å². The topological polar surface area (TPSA) is 49.9 Å². The number of piperidine rings is 2. The van der Waals surface area contributed by atoms with E-state index in [1.807, 2.05) is 23.6 Å². The number of likely N-dealkylation sites (tertiary alicyclic amines) is 2. The van der Waals surface area contributed by atoms with Crippen LogP contribution < -0.4 is 0 Å². The van der Waals surface area contributed by atoms with Crippen LogP contribution >= 0.6 is 0 Å². The van der Waals surface area contributed by atoms with Crippen LogP contribution in [0.3, 0.4) is 0 Å². The standard InChI is InChI=1S/C19H34N2O3/c1-14-6-9-20(10-7-14)18(23)24-19(4,5)12-17-13-21(16(3)22)11-8-15(17)2/h14-15,17H,6-13H2,1-5H3. The Balaban J connectivity index is 1.89. The van der Waals surface area contributed by atoms with Gasteiger partial charge in [-0.3, -0.25) is 4.79 Å². The van der Waals surface area contributed by atoms with E-state index in [0.717, 1.165) is 51.9 Å². The maximum absolute atomic E-state index is 12.5. The first-order valence-corrected chi connectivity index (χ1v) is 9.41. The Labute approximate surface area is 146 Å². The fraction of sp³-hybridized carbons (Fsp3) is 0.895. The van der Waals surface area contributed by atoms with Gasteiger partial charge in [0.2, 0.25) is 5.91 Å². The van der Waals surface area contributed by atoms with Crippen molar-refractivity contribution in [3.63, 3.8) is 0 Å². The van der Waals surface area contributed by atoms with Crippen molar-refractivity contribution < 1.29 is 14.3 Å². The number of carbonyl (C=O) groups is 2. The predicted octanol–water partition coefficient (Wildman–Crippen LogP) is 3.53. The Morgan fingerprint density at radius 2 is 1.62 bits per heavy atom. The van der Waals surface area contributed by atoms with Crippen LogP contribution in [0.4, 0.5) is 4.79 Å². The number of hydrogen-bond donors (Lipinski definition) is 0. The number of amides is 2. The summed E-state index contributed by atoms with van der Waals surface area (Å²) in [4.78, 5) is 27.9. The average molecular weight is 338 g/mol. The largest absolute Gasteiger partial charge is 0.443 e. The molecule has 24 heavy (non-hydrogen) atoms. The third kappa shape index (κ3) is 5.12. The Kier molecular flexibility index (Phi) is 6.16. The molecule has 138 valence electrons. The lowest BCUT2D eigenvalue weighted by Gasteiger charge is -2.41. The van der Waals surface area contributed by atoms with Crippen LogP contribution in [-0.4, -0.2) is 53.6 Å². The highest BCUT2D eigenvalue weighted by molar-refractivity contribution is 5.73. The van der Waals surface area contributed by atoms with Gasteiger partial charge < -0.3 is 14.5 Å². The third-order valence-electron chi connectivity index (χ3n) is 5.72. The Hall–Kier alpha value is -1.26. The summed E-state index contributed by atoms with van der Waals surface area (Å²) in [5.41, 5.74) is -0.501. The summed E-state index contributed by atoms with van der Waals surface area (Å²) in [6, 6.07) is 0. The van der Waals surface area contributed by atoms with E-state index in [0.29, 0.717) is 17.8 Å². The summed E-state index contributed by atoms with van der Waals surface area (Å²) < 4.78 is 5.84. The summed E-state index contributed by atoms with van der Waals surface area (Å²) >= 11 is 0. The highest BCUT2D eigenvalue weighted by Crippen LogP contribution is 2.32. The molecule has 2 saturated heterocycles. The molecule has 2 rings (SSSR count). The van der Waals surface area contributed by atoms with Crippen molar-refractivity contribution in [2.75, 3.05) is 26.2 Å². The highest BCUT2D eigenvalue weighted by atomic mass is 16.6. The van der Waals surface area contributed by atoms with Crippen molar-refractivity contribution >= 4 is 12.0 Å². The van der Waals surface area contributed by atoms with Crippen LogP contribution in [0.5, 0.6) is 0 Å². The molecule has 0 radical (unpaired) electrons. The number of nitrogens with zero attached hydrogens (tertiary/aromatic N) is 2.